The second-order valence-electron chi connectivity index (χ2n) is 3.98. The van der Waals surface area contributed by atoms with Crippen molar-refractivity contribution in [2.45, 2.75) is 24.6 Å². The molecule has 0 aromatic heterocycles. The first kappa shape index (κ1) is 18.1. The van der Waals surface area contributed by atoms with E-state index in [9.17, 15) is 26.3 Å². The lowest BCUT2D eigenvalue weighted by atomic mass is 10.1. The lowest BCUT2D eigenvalue weighted by molar-refractivity contribution is -0.330. The molecule has 0 bridgehead atoms. The van der Waals surface area contributed by atoms with Crippen LogP contribution in [0.1, 0.15) is 11.7 Å². The standard InChI is InChI=1S/C12H11BrF6O2/c1-20-8-5-3-2-4-7(8)9(6-13)21-10(11(14,15)16)12(17,18)19/h2-5,9-10H,6H2,1H3. The summed E-state index contributed by atoms with van der Waals surface area (Å²) < 4.78 is 84.3. The minimum absolute atomic E-state index is 0.0929. The normalized spacial score (nSPS) is 14.3. The Hall–Kier alpha value is -0.960. The molecule has 0 spiro atoms. The number of ether oxygens (including phenoxy) is 2. The van der Waals surface area contributed by atoms with E-state index >= 15 is 0 Å². The van der Waals surface area contributed by atoms with Gasteiger partial charge in [-0.15, -0.1) is 0 Å². The summed E-state index contributed by atoms with van der Waals surface area (Å²) in [6.45, 7) is 0. The molecule has 0 radical (unpaired) electrons. The van der Waals surface area contributed by atoms with Gasteiger partial charge in [-0.25, -0.2) is 0 Å². The van der Waals surface area contributed by atoms with Crippen molar-refractivity contribution in [3.05, 3.63) is 29.8 Å². The first-order valence-corrected chi connectivity index (χ1v) is 6.71. The predicted molar refractivity (Wildman–Crippen MR) is 66.5 cm³/mol. The van der Waals surface area contributed by atoms with Crippen LogP contribution in [-0.2, 0) is 4.74 Å². The molecule has 0 heterocycles. The quantitative estimate of drug-likeness (QED) is 0.547. The monoisotopic (exact) mass is 380 g/mol. The summed E-state index contributed by atoms with van der Waals surface area (Å²) in [5.74, 6) is 0.144. The molecule has 1 rings (SSSR count). The van der Waals surface area contributed by atoms with Gasteiger partial charge in [0.1, 0.15) is 5.75 Å². The number of methoxy groups -OCH3 is 1. The fourth-order valence-electron chi connectivity index (χ4n) is 1.63. The molecule has 0 aliphatic heterocycles. The smallest absolute Gasteiger partial charge is 0.423 e. The lowest BCUT2D eigenvalue weighted by Crippen LogP contribution is -2.45. The van der Waals surface area contributed by atoms with E-state index in [4.69, 9.17) is 4.74 Å². The third-order valence-corrected chi connectivity index (χ3v) is 3.11. The molecule has 0 N–H and O–H groups in total. The molecule has 1 atom stereocenters. The van der Waals surface area contributed by atoms with Gasteiger partial charge in [0, 0.05) is 10.9 Å². The van der Waals surface area contributed by atoms with Crippen molar-refractivity contribution in [3.8, 4) is 5.75 Å². The van der Waals surface area contributed by atoms with Gasteiger partial charge in [0.25, 0.3) is 0 Å². The van der Waals surface area contributed by atoms with Crippen molar-refractivity contribution in [3.63, 3.8) is 0 Å². The largest absolute Gasteiger partial charge is 0.496 e. The molecule has 0 aliphatic carbocycles. The number of benzene rings is 1. The molecule has 0 fully saturated rings. The molecule has 0 saturated heterocycles. The summed E-state index contributed by atoms with van der Waals surface area (Å²) >= 11 is 2.86. The maximum atomic E-state index is 12.5. The second kappa shape index (κ2) is 6.87. The third-order valence-electron chi connectivity index (χ3n) is 2.52. The number of para-hydroxylation sites is 1. The summed E-state index contributed by atoms with van der Waals surface area (Å²) in [5, 5.41) is -0.254. The van der Waals surface area contributed by atoms with Crippen LogP contribution in [0.15, 0.2) is 24.3 Å². The molecular formula is C12H11BrF6O2. The van der Waals surface area contributed by atoms with E-state index < -0.39 is 24.6 Å². The fraction of sp³-hybridized carbons (Fsp3) is 0.500. The Morgan fingerprint density at radius 2 is 1.57 bits per heavy atom. The van der Waals surface area contributed by atoms with Crippen molar-refractivity contribution in [2.24, 2.45) is 0 Å². The van der Waals surface area contributed by atoms with Gasteiger partial charge in [-0.05, 0) is 6.07 Å². The number of hydrogen-bond acceptors (Lipinski definition) is 2. The molecule has 1 aromatic rings. The Bertz CT molecular complexity index is 446. The Labute approximate surface area is 125 Å². The van der Waals surface area contributed by atoms with E-state index in [0.717, 1.165) is 0 Å². The summed E-state index contributed by atoms with van der Waals surface area (Å²) in [6, 6.07) is 5.77. The van der Waals surface area contributed by atoms with E-state index in [1.807, 2.05) is 0 Å². The number of alkyl halides is 7. The first-order valence-electron chi connectivity index (χ1n) is 5.59. The van der Waals surface area contributed by atoms with Crippen LogP contribution < -0.4 is 4.74 Å². The molecule has 1 aromatic carbocycles. The second-order valence-corrected chi connectivity index (χ2v) is 4.63. The Morgan fingerprint density at radius 1 is 1.05 bits per heavy atom. The maximum absolute atomic E-state index is 12.5. The molecule has 2 nitrogen and oxygen atoms in total. The summed E-state index contributed by atoms with van der Waals surface area (Å²) in [4.78, 5) is 0. The summed E-state index contributed by atoms with van der Waals surface area (Å²) in [7, 11) is 1.26. The SMILES string of the molecule is COc1ccccc1C(CBr)OC(C(F)(F)F)C(F)(F)F. The molecule has 1 unspecified atom stereocenters. The van der Waals surface area contributed by atoms with Gasteiger partial charge in [0.2, 0.25) is 6.10 Å². The van der Waals surface area contributed by atoms with Crippen LogP contribution in [0.3, 0.4) is 0 Å². The maximum Gasteiger partial charge on any atom is 0.423 e. The van der Waals surface area contributed by atoms with Gasteiger partial charge in [0.05, 0.1) is 13.2 Å². The third kappa shape index (κ3) is 4.77. The fourth-order valence-corrected chi connectivity index (χ4v) is 2.13. The van der Waals surface area contributed by atoms with Crippen LogP contribution in [0.25, 0.3) is 0 Å². The van der Waals surface area contributed by atoms with Gasteiger partial charge in [-0.2, -0.15) is 26.3 Å². The Kier molecular flexibility index (Phi) is 5.92. The van der Waals surface area contributed by atoms with E-state index in [1.54, 1.807) is 6.07 Å². The van der Waals surface area contributed by atoms with Crippen LogP contribution in [0.4, 0.5) is 26.3 Å². The van der Waals surface area contributed by atoms with Gasteiger partial charge in [-0.3, -0.25) is 0 Å². The van der Waals surface area contributed by atoms with Gasteiger partial charge in [-0.1, -0.05) is 34.1 Å². The van der Waals surface area contributed by atoms with E-state index in [-0.39, 0.29) is 16.6 Å². The van der Waals surface area contributed by atoms with Crippen molar-refractivity contribution >= 4 is 15.9 Å². The molecular weight excluding hydrogens is 370 g/mol. The molecule has 0 aliphatic rings. The molecule has 0 amide bonds. The summed E-state index contributed by atoms with van der Waals surface area (Å²) in [5.41, 5.74) is 0.0929. The predicted octanol–water partition coefficient (Wildman–Crippen LogP) is 4.64. The van der Waals surface area contributed by atoms with Gasteiger partial charge in [0.15, 0.2) is 0 Å². The average Bonchev–Trinajstić information content (AvgIpc) is 2.37. The molecule has 9 heteroatoms. The van der Waals surface area contributed by atoms with Crippen LogP contribution in [0.2, 0.25) is 0 Å². The van der Waals surface area contributed by atoms with Crippen molar-refractivity contribution in [1.29, 1.82) is 0 Å². The van der Waals surface area contributed by atoms with Crippen LogP contribution in [0, 0.1) is 0 Å². The zero-order valence-corrected chi connectivity index (χ0v) is 12.2. The zero-order valence-electron chi connectivity index (χ0n) is 10.6. The highest BCUT2D eigenvalue weighted by Crippen LogP contribution is 2.40. The first-order chi connectivity index (χ1) is 9.61. The van der Waals surface area contributed by atoms with Crippen molar-refractivity contribution in [1.82, 2.24) is 0 Å². The minimum atomic E-state index is -5.55. The lowest BCUT2D eigenvalue weighted by Gasteiger charge is -2.28. The minimum Gasteiger partial charge on any atom is -0.496 e. The molecule has 21 heavy (non-hydrogen) atoms. The Balaban J connectivity index is 3.10. The van der Waals surface area contributed by atoms with Crippen molar-refractivity contribution < 1.29 is 35.8 Å². The number of halogens is 7. The highest BCUT2D eigenvalue weighted by atomic mass is 79.9. The highest BCUT2D eigenvalue weighted by Gasteiger charge is 2.58. The van der Waals surface area contributed by atoms with Crippen LogP contribution >= 0.6 is 15.9 Å². The Morgan fingerprint density at radius 3 is 2.00 bits per heavy atom. The van der Waals surface area contributed by atoms with E-state index in [2.05, 4.69) is 20.7 Å². The van der Waals surface area contributed by atoms with E-state index in [0.29, 0.717) is 0 Å². The summed E-state index contributed by atoms with van der Waals surface area (Å²) in [6.07, 6.45) is -16.4. The van der Waals surface area contributed by atoms with E-state index in [1.165, 1.54) is 25.3 Å². The van der Waals surface area contributed by atoms with Gasteiger partial charge < -0.3 is 9.47 Å². The zero-order chi connectivity index (χ0) is 16.3. The molecule has 120 valence electrons. The number of rotatable bonds is 5. The highest BCUT2D eigenvalue weighted by molar-refractivity contribution is 9.09. The van der Waals surface area contributed by atoms with Crippen LogP contribution in [0.5, 0.6) is 5.75 Å². The van der Waals surface area contributed by atoms with Crippen LogP contribution in [-0.4, -0.2) is 30.9 Å². The topological polar surface area (TPSA) is 18.5 Å². The number of hydrogen-bond donors (Lipinski definition) is 0. The van der Waals surface area contributed by atoms with Crippen molar-refractivity contribution in [2.75, 3.05) is 12.4 Å². The van der Waals surface area contributed by atoms with Gasteiger partial charge >= 0.3 is 12.4 Å². The average molecular weight is 381 g/mol. The molecule has 0 saturated carbocycles.